The molecule has 0 radical (unpaired) electrons. The van der Waals surface area contributed by atoms with Crippen LogP contribution in [0.15, 0.2) is 55.1 Å². The smallest absolute Gasteiger partial charge is 0.273 e. The van der Waals surface area contributed by atoms with Crippen molar-refractivity contribution in [3.63, 3.8) is 0 Å². The van der Waals surface area contributed by atoms with Crippen molar-refractivity contribution in [1.82, 2.24) is 29.8 Å². The summed E-state index contributed by atoms with van der Waals surface area (Å²) in [6.45, 7) is 3.44. The highest BCUT2D eigenvalue weighted by atomic mass is 16.5. The third-order valence-electron chi connectivity index (χ3n) is 4.45. The molecule has 3 aromatic heterocycles. The highest BCUT2D eigenvalue weighted by molar-refractivity contribution is 6.03. The van der Waals surface area contributed by atoms with Crippen molar-refractivity contribution >= 4 is 11.6 Å². The molecule has 0 fully saturated rings. The second-order valence-electron chi connectivity index (χ2n) is 6.48. The summed E-state index contributed by atoms with van der Waals surface area (Å²) in [6, 6.07) is 9.19. The molecule has 0 saturated carbocycles. The number of aryl methyl sites for hydroxylation is 1. The lowest BCUT2D eigenvalue weighted by molar-refractivity contribution is 0.102. The number of rotatable bonds is 7. The molecule has 0 bridgehead atoms. The highest BCUT2D eigenvalue weighted by Gasteiger charge is 2.12. The second kappa shape index (κ2) is 8.01. The Hall–Kier alpha value is -3.88. The van der Waals surface area contributed by atoms with Gasteiger partial charge in [0.05, 0.1) is 37.4 Å². The fourth-order valence-corrected chi connectivity index (χ4v) is 2.91. The summed E-state index contributed by atoms with van der Waals surface area (Å²) in [7, 11) is 1.62. The molecule has 4 aromatic rings. The number of nitrogens with one attached hydrogen (secondary N) is 2. The van der Waals surface area contributed by atoms with Crippen LogP contribution in [0.4, 0.5) is 5.69 Å². The minimum absolute atomic E-state index is 0.282. The summed E-state index contributed by atoms with van der Waals surface area (Å²) >= 11 is 0. The summed E-state index contributed by atoms with van der Waals surface area (Å²) in [5, 5.41) is 18.4. The molecule has 0 aliphatic carbocycles. The van der Waals surface area contributed by atoms with Gasteiger partial charge in [-0.2, -0.15) is 15.3 Å². The maximum absolute atomic E-state index is 12.5. The van der Waals surface area contributed by atoms with Crippen LogP contribution in [0.2, 0.25) is 0 Å². The van der Waals surface area contributed by atoms with Crippen LogP contribution in [0.1, 0.15) is 23.0 Å². The van der Waals surface area contributed by atoms with E-state index in [1.807, 2.05) is 48.3 Å². The van der Waals surface area contributed by atoms with Crippen molar-refractivity contribution < 1.29 is 9.53 Å². The van der Waals surface area contributed by atoms with Crippen molar-refractivity contribution in [1.29, 1.82) is 0 Å². The zero-order chi connectivity index (χ0) is 20.2. The molecule has 0 unspecified atom stereocenters. The number of anilines is 1. The van der Waals surface area contributed by atoms with Crippen LogP contribution in [0, 0.1) is 0 Å². The van der Waals surface area contributed by atoms with Crippen LogP contribution in [0.5, 0.6) is 5.75 Å². The molecule has 4 rings (SSSR count). The first-order chi connectivity index (χ1) is 14.1. The van der Waals surface area contributed by atoms with Gasteiger partial charge in [0.25, 0.3) is 5.91 Å². The van der Waals surface area contributed by atoms with Gasteiger partial charge in [-0.15, -0.1) is 0 Å². The molecular weight excluding hydrogens is 370 g/mol. The van der Waals surface area contributed by atoms with Gasteiger partial charge in [0, 0.05) is 30.1 Å². The van der Waals surface area contributed by atoms with Gasteiger partial charge < -0.3 is 10.1 Å². The molecule has 0 saturated heterocycles. The number of hydrogen-bond acceptors (Lipinski definition) is 5. The molecule has 9 heteroatoms. The maximum Gasteiger partial charge on any atom is 0.273 e. The molecule has 0 aliphatic rings. The van der Waals surface area contributed by atoms with Crippen LogP contribution >= 0.6 is 0 Å². The zero-order valence-electron chi connectivity index (χ0n) is 16.2. The van der Waals surface area contributed by atoms with Crippen molar-refractivity contribution in [3.8, 4) is 17.0 Å². The average molecular weight is 391 g/mol. The van der Waals surface area contributed by atoms with Crippen LogP contribution in [-0.4, -0.2) is 42.8 Å². The minimum atomic E-state index is -0.282. The molecule has 9 nitrogen and oxygen atoms in total. The van der Waals surface area contributed by atoms with Gasteiger partial charge in [0.15, 0.2) is 0 Å². The van der Waals surface area contributed by atoms with Crippen molar-refractivity contribution in [2.24, 2.45) is 0 Å². The fourth-order valence-electron chi connectivity index (χ4n) is 2.91. The largest absolute Gasteiger partial charge is 0.497 e. The third kappa shape index (κ3) is 4.18. The summed E-state index contributed by atoms with van der Waals surface area (Å²) in [4.78, 5) is 12.5. The van der Waals surface area contributed by atoms with E-state index in [0.717, 1.165) is 23.4 Å². The third-order valence-corrected chi connectivity index (χ3v) is 4.45. The number of hydrogen-bond donors (Lipinski definition) is 2. The zero-order valence-corrected chi connectivity index (χ0v) is 16.2. The van der Waals surface area contributed by atoms with Gasteiger partial charge in [0.2, 0.25) is 0 Å². The number of aromatic amines is 1. The van der Waals surface area contributed by atoms with Crippen molar-refractivity contribution in [2.45, 2.75) is 20.0 Å². The Bertz CT molecular complexity index is 1110. The highest BCUT2D eigenvalue weighted by Crippen LogP contribution is 2.21. The molecule has 2 N–H and O–H groups in total. The van der Waals surface area contributed by atoms with Crippen LogP contribution in [-0.2, 0) is 13.1 Å². The number of carbonyl (C=O) groups is 1. The number of ether oxygens (including phenoxy) is 1. The van der Waals surface area contributed by atoms with Crippen molar-refractivity contribution in [2.75, 3.05) is 12.4 Å². The van der Waals surface area contributed by atoms with E-state index in [1.165, 1.54) is 0 Å². The van der Waals surface area contributed by atoms with Crippen LogP contribution in [0.25, 0.3) is 11.3 Å². The normalized spacial score (nSPS) is 10.8. The first-order valence-corrected chi connectivity index (χ1v) is 9.19. The predicted octanol–water partition coefficient (Wildman–Crippen LogP) is 2.80. The predicted molar refractivity (Wildman–Crippen MR) is 108 cm³/mol. The molecule has 1 aromatic carbocycles. The first-order valence-electron chi connectivity index (χ1n) is 9.19. The number of carbonyl (C=O) groups excluding carboxylic acids is 1. The minimum Gasteiger partial charge on any atom is -0.497 e. The van der Waals surface area contributed by atoms with Gasteiger partial charge in [-0.1, -0.05) is 0 Å². The molecule has 3 heterocycles. The lowest BCUT2D eigenvalue weighted by Crippen LogP contribution is -2.11. The topological polar surface area (TPSA) is 103 Å². The summed E-state index contributed by atoms with van der Waals surface area (Å²) in [5.74, 6) is 0.483. The van der Waals surface area contributed by atoms with Gasteiger partial charge in [-0.25, -0.2) is 0 Å². The maximum atomic E-state index is 12.5. The van der Waals surface area contributed by atoms with Gasteiger partial charge in [-0.05, 0) is 37.3 Å². The Kier molecular flexibility index (Phi) is 5.10. The van der Waals surface area contributed by atoms with E-state index in [9.17, 15) is 4.79 Å². The van der Waals surface area contributed by atoms with E-state index >= 15 is 0 Å². The van der Waals surface area contributed by atoms with E-state index in [0.29, 0.717) is 23.6 Å². The number of aromatic nitrogens is 6. The molecule has 0 atom stereocenters. The molecule has 1 amide bonds. The summed E-state index contributed by atoms with van der Waals surface area (Å²) < 4.78 is 8.77. The SMILES string of the molecule is CCn1cc(Cn2cc(NC(=O)c3cc(-c4ccc(OC)cc4)n[nH]3)cn2)cn1. The molecule has 0 spiro atoms. The van der Waals surface area contributed by atoms with E-state index in [-0.39, 0.29) is 5.91 Å². The van der Waals surface area contributed by atoms with Gasteiger partial charge in [-0.3, -0.25) is 19.3 Å². The lowest BCUT2D eigenvalue weighted by atomic mass is 10.1. The van der Waals surface area contributed by atoms with E-state index in [4.69, 9.17) is 4.74 Å². The Balaban J connectivity index is 1.40. The van der Waals surface area contributed by atoms with Gasteiger partial charge >= 0.3 is 0 Å². The summed E-state index contributed by atoms with van der Waals surface area (Å²) in [5.41, 5.74) is 3.60. The molecule has 148 valence electrons. The number of benzene rings is 1. The van der Waals surface area contributed by atoms with E-state index in [2.05, 4.69) is 25.7 Å². The molecule has 0 aliphatic heterocycles. The number of nitrogens with zero attached hydrogens (tertiary/aromatic N) is 5. The van der Waals surface area contributed by atoms with Crippen LogP contribution < -0.4 is 10.1 Å². The van der Waals surface area contributed by atoms with Crippen LogP contribution in [0.3, 0.4) is 0 Å². The summed E-state index contributed by atoms with van der Waals surface area (Å²) in [6.07, 6.45) is 7.19. The Morgan fingerprint density at radius 3 is 2.66 bits per heavy atom. The first kappa shape index (κ1) is 18.5. The number of methoxy groups -OCH3 is 1. The second-order valence-corrected chi connectivity index (χ2v) is 6.48. The van der Waals surface area contributed by atoms with E-state index in [1.54, 1.807) is 30.3 Å². The van der Waals surface area contributed by atoms with Crippen molar-refractivity contribution in [3.05, 3.63) is 66.4 Å². The van der Waals surface area contributed by atoms with E-state index < -0.39 is 0 Å². The standard InChI is InChI=1S/C20H21N7O2/c1-3-26-11-14(9-21-26)12-27-13-16(10-22-27)23-20(28)19-8-18(24-25-19)15-4-6-17(29-2)7-5-15/h4-11,13H,3,12H2,1-2H3,(H,23,28)(H,24,25). The molecular formula is C20H21N7O2. The number of amides is 1. The Morgan fingerprint density at radius 1 is 1.14 bits per heavy atom. The fraction of sp³-hybridized carbons (Fsp3) is 0.200. The van der Waals surface area contributed by atoms with Gasteiger partial charge in [0.1, 0.15) is 11.4 Å². The number of H-pyrrole nitrogens is 1. The average Bonchev–Trinajstić information content (AvgIpc) is 3.49. The monoisotopic (exact) mass is 391 g/mol. The lowest BCUT2D eigenvalue weighted by Gasteiger charge is -2.00. The Morgan fingerprint density at radius 2 is 1.93 bits per heavy atom. The molecule has 29 heavy (non-hydrogen) atoms. The Labute approximate surface area is 167 Å². The quantitative estimate of drug-likeness (QED) is 0.504.